The number of nitrogens with one attached hydrogen (secondary N) is 3. The summed E-state index contributed by atoms with van der Waals surface area (Å²) in [5, 5.41) is 16.7. The summed E-state index contributed by atoms with van der Waals surface area (Å²) < 4.78 is 105. The lowest BCUT2D eigenvalue weighted by molar-refractivity contribution is -0.197. The third-order valence-corrected chi connectivity index (χ3v) is 11.6. The highest BCUT2D eigenvalue weighted by Crippen LogP contribution is 2.41. The van der Waals surface area contributed by atoms with E-state index in [9.17, 15) is 55.2 Å². The molecule has 21 heteroatoms. The van der Waals surface area contributed by atoms with Crippen molar-refractivity contribution in [3.63, 3.8) is 0 Å². The standard InChI is InChI=1S/C39H43F7N8O5S/c1-37(2)35(58)53(27-4-3-22(19-47)29(18-27)38(41,42)43)36(60)54(37)26-5-7-28(8-6-26)59-14-13-51-11-12-52(31(20-51)39(44,45)46)21-33(56)49-25-16-23(40)15-24(17-25)48-30-9-10-32(55)50-34(30)57/h3-4,15-18,26,28,30-31,48H,5-14,20-21H2,1-2H3,(H,49,56)(H,50,55,57). The lowest BCUT2D eigenvalue weighted by Crippen LogP contribution is -2.60. The van der Waals surface area contributed by atoms with Crippen LogP contribution < -0.4 is 20.9 Å². The number of hydrogen-bond acceptors (Lipinski definition) is 10. The van der Waals surface area contributed by atoms with Crippen LogP contribution in [0.4, 0.5) is 47.8 Å². The minimum Gasteiger partial charge on any atom is -0.377 e. The second-order valence-corrected chi connectivity index (χ2v) is 16.1. The van der Waals surface area contributed by atoms with Gasteiger partial charge >= 0.3 is 12.4 Å². The van der Waals surface area contributed by atoms with Gasteiger partial charge < -0.3 is 20.3 Å². The van der Waals surface area contributed by atoms with Crippen molar-refractivity contribution in [1.29, 1.82) is 5.26 Å². The van der Waals surface area contributed by atoms with Crippen LogP contribution in [0.1, 0.15) is 63.5 Å². The van der Waals surface area contributed by atoms with E-state index in [0.717, 1.165) is 34.1 Å². The number of rotatable bonds is 11. The lowest BCUT2D eigenvalue weighted by Gasteiger charge is -2.42. The topological polar surface area (TPSA) is 150 Å². The smallest absolute Gasteiger partial charge is 0.377 e. The Bertz CT molecular complexity index is 2050. The molecule has 3 aliphatic heterocycles. The highest BCUT2D eigenvalue weighted by Gasteiger charge is 2.53. The number of nitrogens with zero attached hydrogens (tertiary/aromatic N) is 5. The number of imide groups is 1. The van der Waals surface area contributed by atoms with E-state index in [1.54, 1.807) is 23.6 Å². The number of halogens is 7. The lowest BCUT2D eigenvalue weighted by atomic mass is 9.89. The quantitative estimate of drug-likeness (QED) is 0.156. The van der Waals surface area contributed by atoms with Gasteiger partial charge in [-0.05, 0) is 94.6 Å². The van der Waals surface area contributed by atoms with E-state index in [1.165, 1.54) is 18.2 Å². The van der Waals surface area contributed by atoms with Crippen molar-refractivity contribution in [2.75, 3.05) is 54.9 Å². The van der Waals surface area contributed by atoms with Gasteiger partial charge in [-0.15, -0.1) is 0 Å². The fourth-order valence-electron chi connectivity index (χ4n) is 8.22. The largest absolute Gasteiger partial charge is 0.417 e. The van der Waals surface area contributed by atoms with Crippen molar-refractivity contribution in [2.24, 2.45) is 0 Å². The van der Waals surface area contributed by atoms with Crippen LogP contribution in [0.25, 0.3) is 0 Å². The molecule has 2 aromatic carbocycles. The average molecular weight is 869 g/mol. The number of thiocarbonyl (C=S) groups is 1. The van der Waals surface area contributed by atoms with Crippen molar-refractivity contribution < 1.29 is 54.6 Å². The fourth-order valence-corrected chi connectivity index (χ4v) is 8.78. The van der Waals surface area contributed by atoms with E-state index >= 15 is 0 Å². The predicted octanol–water partition coefficient (Wildman–Crippen LogP) is 5.16. The number of piperidine rings is 1. The molecule has 1 aliphatic carbocycles. The zero-order valence-corrected chi connectivity index (χ0v) is 33.4. The first-order valence-corrected chi connectivity index (χ1v) is 19.7. The third kappa shape index (κ3) is 9.99. The third-order valence-electron chi connectivity index (χ3n) is 11.2. The molecule has 0 bridgehead atoms. The Kier molecular flexibility index (Phi) is 13.1. The highest BCUT2D eigenvalue weighted by atomic mass is 32.1. The summed E-state index contributed by atoms with van der Waals surface area (Å²) >= 11 is 5.66. The zero-order valence-electron chi connectivity index (χ0n) is 32.6. The van der Waals surface area contributed by atoms with Crippen molar-refractivity contribution in [1.82, 2.24) is 20.0 Å². The van der Waals surface area contributed by atoms with Crippen molar-refractivity contribution in [3.05, 3.63) is 53.3 Å². The number of carbonyl (C=O) groups excluding carboxylic acids is 4. The maximum absolute atomic E-state index is 14.4. The average Bonchev–Trinajstić information content (AvgIpc) is 3.34. The van der Waals surface area contributed by atoms with Crippen LogP contribution in [0.3, 0.4) is 0 Å². The van der Waals surface area contributed by atoms with E-state index in [1.807, 2.05) is 0 Å². The number of hydrogen-bond donors (Lipinski definition) is 3. The molecule has 0 aromatic heterocycles. The van der Waals surface area contributed by atoms with Gasteiger partial charge in [0, 0.05) is 50.0 Å². The number of carbonyl (C=O) groups is 4. The molecule has 0 spiro atoms. The van der Waals surface area contributed by atoms with Gasteiger partial charge in [-0.2, -0.15) is 31.6 Å². The number of amides is 4. The molecular weight excluding hydrogens is 826 g/mol. The molecule has 324 valence electrons. The van der Waals surface area contributed by atoms with Crippen LogP contribution >= 0.6 is 12.2 Å². The Labute approximate surface area is 346 Å². The first kappa shape index (κ1) is 44.6. The minimum atomic E-state index is -4.83. The van der Waals surface area contributed by atoms with Crippen LogP contribution in [-0.4, -0.2) is 119 Å². The van der Waals surface area contributed by atoms with Crippen molar-refractivity contribution >= 4 is 58.0 Å². The first-order chi connectivity index (χ1) is 28.1. The van der Waals surface area contributed by atoms with E-state index in [2.05, 4.69) is 16.0 Å². The molecule has 2 atom stereocenters. The van der Waals surface area contributed by atoms with Crippen LogP contribution in [0.15, 0.2) is 36.4 Å². The Morgan fingerprint density at radius 1 is 1.00 bits per heavy atom. The van der Waals surface area contributed by atoms with Crippen molar-refractivity contribution in [2.45, 2.75) is 94.5 Å². The number of alkyl halides is 6. The summed E-state index contributed by atoms with van der Waals surface area (Å²) in [7, 11) is 0. The van der Waals surface area contributed by atoms with E-state index < -0.39 is 83.6 Å². The van der Waals surface area contributed by atoms with Gasteiger partial charge in [0.05, 0.1) is 42.1 Å². The monoisotopic (exact) mass is 868 g/mol. The van der Waals surface area contributed by atoms with Gasteiger partial charge in [-0.25, -0.2) is 4.39 Å². The summed E-state index contributed by atoms with van der Waals surface area (Å²) in [5.74, 6) is -3.10. The molecule has 3 saturated heterocycles. The summed E-state index contributed by atoms with van der Waals surface area (Å²) in [6.07, 6.45) is -7.34. The van der Waals surface area contributed by atoms with Gasteiger partial charge in [0.15, 0.2) is 5.11 Å². The molecule has 1 saturated carbocycles. The van der Waals surface area contributed by atoms with Crippen LogP contribution in [0.2, 0.25) is 0 Å². The van der Waals surface area contributed by atoms with E-state index in [-0.39, 0.29) is 73.4 Å². The summed E-state index contributed by atoms with van der Waals surface area (Å²) in [6, 6.07) is 4.93. The number of ether oxygens (including phenoxy) is 1. The van der Waals surface area contributed by atoms with E-state index in [4.69, 9.17) is 17.0 Å². The number of benzene rings is 2. The maximum atomic E-state index is 14.4. The molecule has 4 fully saturated rings. The Hall–Kier alpha value is -4.91. The molecule has 3 heterocycles. The molecule has 3 N–H and O–H groups in total. The number of nitriles is 1. The molecule has 0 radical (unpaired) electrons. The molecular formula is C39H43F7N8O5S. The van der Waals surface area contributed by atoms with Crippen LogP contribution in [0.5, 0.6) is 0 Å². The van der Waals surface area contributed by atoms with Gasteiger partial charge in [0.25, 0.3) is 5.91 Å². The highest BCUT2D eigenvalue weighted by molar-refractivity contribution is 7.80. The van der Waals surface area contributed by atoms with Gasteiger partial charge in [0.2, 0.25) is 17.7 Å². The summed E-state index contributed by atoms with van der Waals surface area (Å²) in [4.78, 5) is 55.5. The normalized spacial score (nSPS) is 24.3. The molecule has 2 unspecified atom stereocenters. The number of piperazine rings is 1. The molecule has 60 heavy (non-hydrogen) atoms. The Morgan fingerprint density at radius 2 is 1.70 bits per heavy atom. The zero-order chi connectivity index (χ0) is 43.7. The molecule has 4 aliphatic rings. The predicted molar refractivity (Wildman–Crippen MR) is 207 cm³/mol. The SMILES string of the molecule is CC1(C)C(=O)N(c2ccc(C#N)c(C(F)(F)F)c2)C(=S)N1C1CCC(OCCN2CCN(CC(=O)Nc3cc(F)cc(NC4CCC(=O)NC4=O)c3)C(C(F)(F)F)C2)CC1. The Balaban J connectivity index is 0.980. The summed E-state index contributed by atoms with van der Waals surface area (Å²) in [6.45, 7) is 2.70. The fraction of sp³-hybridized carbons (Fsp3) is 0.538. The van der Waals surface area contributed by atoms with Crippen LogP contribution in [-0.2, 0) is 30.1 Å². The van der Waals surface area contributed by atoms with Crippen molar-refractivity contribution in [3.8, 4) is 6.07 Å². The number of anilines is 3. The molecule has 2 aromatic rings. The second kappa shape index (κ2) is 17.6. The van der Waals surface area contributed by atoms with Gasteiger partial charge in [-0.3, -0.25) is 39.2 Å². The maximum Gasteiger partial charge on any atom is 0.417 e. The minimum absolute atomic E-state index is 0.0310. The van der Waals surface area contributed by atoms with E-state index in [0.29, 0.717) is 25.7 Å². The van der Waals surface area contributed by atoms with Gasteiger partial charge in [0.1, 0.15) is 23.4 Å². The molecule has 4 amide bonds. The van der Waals surface area contributed by atoms with Crippen LogP contribution in [0, 0.1) is 17.1 Å². The molecule has 13 nitrogen and oxygen atoms in total. The van der Waals surface area contributed by atoms with Gasteiger partial charge in [-0.1, -0.05) is 0 Å². The molecule has 6 rings (SSSR count). The summed E-state index contributed by atoms with van der Waals surface area (Å²) in [5.41, 5.74) is -2.93. The first-order valence-electron chi connectivity index (χ1n) is 19.3. The Morgan fingerprint density at radius 3 is 2.35 bits per heavy atom. The second-order valence-electron chi connectivity index (χ2n) is 15.7.